The smallest absolute Gasteiger partial charge is 0.224 e. The van der Waals surface area contributed by atoms with Gasteiger partial charge in [0.15, 0.2) is 0 Å². The second-order valence-corrected chi connectivity index (χ2v) is 8.96. The van der Waals surface area contributed by atoms with Crippen LogP contribution in [0.5, 0.6) is 0 Å². The summed E-state index contributed by atoms with van der Waals surface area (Å²) in [6.45, 7) is 10.8. The number of hydrogen-bond donors (Lipinski definition) is 2. The summed E-state index contributed by atoms with van der Waals surface area (Å²) in [6, 6.07) is 0.934. The zero-order valence-electron chi connectivity index (χ0n) is 16.8. The maximum absolute atomic E-state index is 12.9. The topological polar surface area (TPSA) is 64.7 Å². The van der Waals surface area contributed by atoms with Crippen LogP contribution in [0.2, 0.25) is 0 Å². The third-order valence-electron chi connectivity index (χ3n) is 6.51. The first-order chi connectivity index (χ1) is 12.4. The van der Waals surface area contributed by atoms with Crippen molar-refractivity contribution in [2.45, 2.75) is 77.9 Å². The Bertz CT molecular complexity index is 510. The van der Waals surface area contributed by atoms with Crippen molar-refractivity contribution in [1.82, 2.24) is 20.7 Å². The van der Waals surface area contributed by atoms with Crippen LogP contribution < -0.4 is 10.9 Å². The lowest BCUT2D eigenvalue weighted by Gasteiger charge is -2.35. The molecule has 0 aromatic heterocycles. The van der Waals surface area contributed by atoms with Crippen LogP contribution in [0.1, 0.15) is 59.8 Å². The highest BCUT2D eigenvalue weighted by Crippen LogP contribution is 2.32. The van der Waals surface area contributed by atoms with Crippen LogP contribution in [-0.4, -0.2) is 59.4 Å². The largest absolute Gasteiger partial charge is 0.340 e. The Labute approximate surface area is 158 Å². The van der Waals surface area contributed by atoms with E-state index in [1.54, 1.807) is 0 Å². The highest BCUT2D eigenvalue weighted by Gasteiger charge is 2.37. The van der Waals surface area contributed by atoms with Crippen molar-refractivity contribution in [3.8, 4) is 0 Å². The number of hydrogen-bond acceptors (Lipinski definition) is 4. The number of nitrogens with one attached hydrogen (secondary N) is 2. The Hall–Kier alpha value is -1.14. The molecule has 0 bridgehead atoms. The van der Waals surface area contributed by atoms with Gasteiger partial charge in [-0.3, -0.25) is 20.4 Å². The molecule has 148 valence electrons. The van der Waals surface area contributed by atoms with Crippen LogP contribution in [0.25, 0.3) is 0 Å². The third kappa shape index (κ3) is 4.58. The monoisotopic (exact) mass is 364 g/mol. The van der Waals surface area contributed by atoms with Gasteiger partial charge in [-0.05, 0) is 50.9 Å². The van der Waals surface area contributed by atoms with Crippen molar-refractivity contribution >= 4 is 11.8 Å². The van der Waals surface area contributed by atoms with E-state index in [-0.39, 0.29) is 17.9 Å². The molecule has 2 aliphatic heterocycles. The number of amides is 2. The summed E-state index contributed by atoms with van der Waals surface area (Å²) in [5.74, 6) is 1.97. The molecule has 2 saturated heterocycles. The summed E-state index contributed by atoms with van der Waals surface area (Å²) in [7, 11) is 0. The van der Waals surface area contributed by atoms with Gasteiger partial charge in [-0.15, -0.1) is 0 Å². The molecule has 0 aromatic rings. The first kappa shape index (κ1) is 19.6. The molecule has 2 amide bonds. The number of nitrogens with zero attached hydrogens (tertiary/aromatic N) is 2. The minimum Gasteiger partial charge on any atom is -0.340 e. The van der Waals surface area contributed by atoms with Gasteiger partial charge in [0.1, 0.15) is 0 Å². The predicted molar refractivity (Wildman–Crippen MR) is 102 cm³/mol. The lowest BCUT2D eigenvalue weighted by atomic mass is 9.91. The lowest BCUT2D eigenvalue weighted by Crippen LogP contribution is -2.48. The van der Waals surface area contributed by atoms with E-state index in [4.69, 9.17) is 0 Å². The van der Waals surface area contributed by atoms with E-state index in [0.29, 0.717) is 55.8 Å². The van der Waals surface area contributed by atoms with Gasteiger partial charge in [0.25, 0.3) is 0 Å². The lowest BCUT2D eigenvalue weighted by molar-refractivity contribution is -0.134. The van der Waals surface area contributed by atoms with Crippen molar-refractivity contribution in [2.24, 2.45) is 17.8 Å². The second-order valence-electron chi connectivity index (χ2n) is 8.96. The van der Waals surface area contributed by atoms with E-state index in [0.717, 1.165) is 13.0 Å². The van der Waals surface area contributed by atoms with Crippen molar-refractivity contribution in [2.75, 3.05) is 19.6 Å². The van der Waals surface area contributed by atoms with Gasteiger partial charge in [0.05, 0.1) is 6.04 Å². The Morgan fingerprint density at radius 3 is 2.42 bits per heavy atom. The van der Waals surface area contributed by atoms with E-state index < -0.39 is 0 Å². The molecule has 0 aromatic carbocycles. The fourth-order valence-electron chi connectivity index (χ4n) is 4.45. The molecule has 1 aliphatic carbocycles. The Balaban J connectivity index is 1.60. The molecular formula is C20H36N4O2. The van der Waals surface area contributed by atoms with Crippen molar-refractivity contribution in [3.63, 3.8) is 0 Å². The van der Waals surface area contributed by atoms with E-state index in [9.17, 15) is 9.59 Å². The minimum absolute atomic E-state index is 0.155. The Morgan fingerprint density at radius 1 is 1.19 bits per heavy atom. The van der Waals surface area contributed by atoms with Gasteiger partial charge in [-0.1, -0.05) is 13.8 Å². The molecular weight excluding hydrogens is 328 g/mol. The van der Waals surface area contributed by atoms with Crippen LogP contribution >= 0.6 is 0 Å². The summed E-state index contributed by atoms with van der Waals surface area (Å²) in [4.78, 5) is 29.6. The molecule has 6 nitrogen and oxygen atoms in total. The molecule has 3 unspecified atom stereocenters. The molecule has 6 heteroatoms. The number of rotatable bonds is 6. The van der Waals surface area contributed by atoms with Crippen LogP contribution in [0.4, 0.5) is 0 Å². The van der Waals surface area contributed by atoms with E-state index in [1.807, 2.05) is 4.90 Å². The van der Waals surface area contributed by atoms with Gasteiger partial charge in [-0.2, -0.15) is 0 Å². The van der Waals surface area contributed by atoms with Crippen LogP contribution in [0.15, 0.2) is 0 Å². The summed E-state index contributed by atoms with van der Waals surface area (Å²) in [6.07, 6.45) is 4.43. The van der Waals surface area contributed by atoms with Gasteiger partial charge < -0.3 is 9.80 Å². The van der Waals surface area contributed by atoms with Crippen LogP contribution in [0, 0.1) is 17.8 Å². The van der Waals surface area contributed by atoms with E-state index >= 15 is 0 Å². The molecule has 0 radical (unpaired) electrons. The minimum atomic E-state index is 0.155. The summed E-state index contributed by atoms with van der Waals surface area (Å²) >= 11 is 0. The zero-order chi connectivity index (χ0) is 18.8. The SMILES string of the molecule is CC(C)C1CN(C(=O)CCC2C(C)NNC2C)CCC(=O)N1CC1CC1. The average molecular weight is 365 g/mol. The first-order valence-corrected chi connectivity index (χ1v) is 10.4. The van der Waals surface area contributed by atoms with Gasteiger partial charge in [0, 0.05) is 44.6 Å². The standard InChI is InChI=1S/C20H36N4O2/c1-13(2)18-12-23(10-9-20(26)24(18)11-16-5-6-16)19(25)8-7-17-14(3)21-22-15(17)4/h13-18,21-22H,5-12H2,1-4H3. The summed E-state index contributed by atoms with van der Waals surface area (Å²) in [5.41, 5.74) is 6.53. The second kappa shape index (κ2) is 8.26. The maximum Gasteiger partial charge on any atom is 0.224 e. The Morgan fingerprint density at radius 2 is 1.85 bits per heavy atom. The molecule has 3 atom stereocenters. The highest BCUT2D eigenvalue weighted by atomic mass is 16.2. The van der Waals surface area contributed by atoms with Crippen molar-refractivity contribution in [1.29, 1.82) is 0 Å². The highest BCUT2D eigenvalue weighted by molar-refractivity contribution is 5.80. The Kier molecular flexibility index (Phi) is 6.23. The molecule has 3 aliphatic rings. The number of carbonyl (C=O) groups excluding carboxylic acids is 2. The van der Waals surface area contributed by atoms with E-state index in [1.165, 1.54) is 12.8 Å². The summed E-state index contributed by atoms with van der Waals surface area (Å²) in [5, 5.41) is 0. The van der Waals surface area contributed by atoms with Gasteiger partial charge >= 0.3 is 0 Å². The zero-order valence-corrected chi connectivity index (χ0v) is 16.8. The fourth-order valence-corrected chi connectivity index (χ4v) is 4.45. The summed E-state index contributed by atoms with van der Waals surface area (Å²) < 4.78 is 0. The normalized spacial score (nSPS) is 33.0. The number of carbonyl (C=O) groups is 2. The predicted octanol–water partition coefficient (Wildman–Crippen LogP) is 1.76. The number of hydrazine groups is 1. The molecule has 2 heterocycles. The molecule has 1 saturated carbocycles. The van der Waals surface area contributed by atoms with Crippen molar-refractivity contribution in [3.05, 3.63) is 0 Å². The van der Waals surface area contributed by atoms with Crippen LogP contribution in [0.3, 0.4) is 0 Å². The van der Waals surface area contributed by atoms with Crippen molar-refractivity contribution < 1.29 is 9.59 Å². The molecule has 26 heavy (non-hydrogen) atoms. The molecule has 2 N–H and O–H groups in total. The molecule has 3 fully saturated rings. The maximum atomic E-state index is 12.9. The first-order valence-electron chi connectivity index (χ1n) is 10.4. The molecule has 3 rings (SSSR count). The van der Waals surface area contributed by atoms with Gasteiger partial charge in [0.2, 0.25) is 11.8 Å². The molecule has 0 spiro atoms. The van der Waals surface area contributed by atoms with Crippen LogP contribution in [-0.2, 0) is 9.59 Å². The van der Waals surface area contributed by atoms with Gasteiger partial charge in [-0.25, -0.2) is 0 Å². The average Bonchev–Trinajstić information content (AvgIpc) is 3.37. The quantitative estimate of drug-likeness (QED) is 0.754. The van der Waals surface area contributed by atoms with E-state index in [2.05, 4.69) is 43.4 Å². The third-order valence-corrected chi connectivity index (χ3v) is 6.51. The fraction of sp³-hybridized carbons (Fsp3) is 0.900.